The smallest absolute Gasteiger partial charge is 0.123 e. The van der Waals surface area contributed by atoms with Crippen LogP contribution in [0, 0.1) is 6.92 Å². The molecule has 1 aromatic carbocycles. The number of aromatic nitrogens is 1. The van der Waals surface area contributed by atoms with Gasteiger partial charge in [-0.2, -0.15) is 0 Å². The molecule has 3 rings (SSSR count). The Bertz CT molecular complexity index is 585. The van der Waals surface area contributed by atoms with E-state index in [1.807, 2.05) is 6.20 Å². The van der Waals surface area contributed by atoms with Crippen molar-refractivity contribution in [3.05, 3.63) is 40.9 Å². The molecule has 0 bridgehead atoms. The van der Waals surface area contributed by atoms with Crippen molar-refractivity contribution in [1.82, 2.24) is 10.3 Å². The van der Waals surface area contributed by atoms with E-state index in [0.29, 0.717) is 0 Å². The monoisotopic (exact) mass is 302 g/mol. The fraction of sp³-hybridized carbons (Fsp3) is 0.471. The van der Waals surface area contributed by atoms with Crippen molar-refractivity contribution in [2.75, 3.05) is 13.2 Å². The van der Waals surface area contributed by atoms with Gasteiger partial charge in [0, 0.05) is 41.9 Å². The minimum absolute atomic E-state index is 0.201. The Morgan fingerprint density at radius 3 is 2.67 bits per heavy atom. The van der Waals surface area contributed by atoms with Crippen LogP contribution in [0.3, 0.4) is 0 Å². The summed E-state index contributed by atoms with van der Waals surface area (Å²) in [5.74, 6) is 0. The number of benzene rings is 1. The largest absolute Gasteiger partial charge is 0.381 e. The molecule has 0 atom stereocenters. The Balaban J connectivity index is 1.63. The highest BCUT2D eigenvalue weighted by Crippen LogP contribution is 2.26. The second kappa shape index (κ2) is 6.26. The van der Waals surface area contributed by atoms with Crippen LogP contribution in [0.4, 0.5) is 0 Å². The van der Waals surface area contributed by atoms with Crippen molar-refractivity contribution < 1.29 is 4.74 Å². The Labute approximate surface area is 130 Å². The third-order valence-corrected chi connectivity index (χ3v) is 5.18. The molecule has 3 nitrogen and oxygen atoms in total. The van der Waals surface area contributed by atoms with Crippen LogP contribution in [-0.4, -0.2) is 23.7 Å². The van der Waals surface area contributed by atoms with Crippen LogP contribution in [0.1, 0.15) is 30.2 Å². The minimum Gasteiger partial charge on any atom is -0.381 e. The molecule has 0 aliphatic carbocycles. The Morgan fingerprint density at radius 1 is 1.24 bits per heavy atom. The predicted octanol–water partition coefficient (Wildman–Crippen LogP) is 3.78. The first-order valence-corrected chi connectivity index (χ1v) is 8.31. The van der Waals surface area contributed by atoms with Gasteiger partial charge in [-0.1, -0.05) is 29.8 Å². The molecule has 4 heteroatoms. The quantitative estimate of drug-likeness (QED) is 0.933. The first-order chi connectivity index (χ1) is 10.1. The highest BCUT2D eigenvalue weighted by Gasteiger charge is 2.26. The Kier molecular flexibility index (Phi) is 4.38. The van der Waals surface area contributed by atoms with Gasteiger partial charge in [0.15, 0.2) is 0 Å². The maximum absolute atomic E-state index is 5.44. The van der Waals surface area contributed by atoms with E-state index in [2.05, 4.69) is 48.4 Å². The Morgan fingerprint density at radius 2 is 1.95 bits per heavy atom. The van der Waals surface area contributed by atoms with E-state index < -0.39 is 0 Å². The van der Waals surface area contributed by atoms with Crippen LogP contribution in [0.15, 0.2) is 30.5 Å². The molecule has 1 N–H and O–H groups in total. The molecule has 0 unspecified atom stereocenters. The SMILES string of the molecule is Cc1ccc(-c2ncc(CNC3(C)CCOCC3)s2)cc1. The van der Waals surface area contributed by atoms with Gasteiger partial charge >= 0.3 is 0 Å². The summed E-state index contributed by atoms with van der Waals surface area (Å²) < 4.78 is 5.44. The summed E-state index contributed by atoms with van der Waals surface area (Å²) in [5, 5.41) is 4.78. The third kappa shape index (κ3) is 3.70. The lowest BCUT2D eigenvalue weighted by molar-refractivity contribution is 0.0447. The molecule has 2 heterocycles. The summed E-state index contributed by atoms with van der Waals surface area (Å²) in [5.41, 5.74) is 2.69. The van der Waals surface area contributed by atoms with Crippen LogP contribution in [0.2, 0.25) is 0 Å². The average molecular weight is 302 g/mol. The number of hydrogen-bond acceptors (Lipinski definition) is 4. The van der Waals surface area contributed by atoms with E-state index in [4.69, 9.17) is 4.74 Å². The third-order valence-electron chi connectivity index (χ3n) is 4.14. The first-order valence-electron chi connectivity index (χ1n) is 7.49. The molecule has 1 aromatic heterocycles. The first kappa shape index (κ1) is 14.7. The zero-order valence-corrected chi connectivity index (χ0v) is 13.5. The molecule has 1 aliphatic heterocycles. The van der Waals surface area contributed by atoms with Crippen molar-refractivity contribution in [3.8, 4) is 10.6 Å². The van der Waals surface area contributed by atoms with Gasteiger partial charge in [-0.3, -0.25) is 0 Å². The van der Waals surface area contributed by atoms with Crippen molar-refractivity contribution in [3.63, 3.8) is 0 Å². The van der Waals surface area contributed by atoms with Crippen molar-refractivity contribution >= 4 is 11.3 Å². The summed E-state index contributed by atoms with van der Waals surface area (Å²) >= 11 is 1.77. The molecule has 112 valence electrons. The summed E-state index contributed by atoms with van der Waals surface area (Å²) in [7, 11) is 0. The summed E-state index contributed by atoms with van der Waals surface area (Å²) in [4.78, 5) is 5.85. The van der Waals surface area contributed by atoms with Crippen LogP contribution in [-0.2, 0) is 11.3 Å². The molecule has 2 aromatic rings. The van der Waals surface area contributed by atoms with Gasteiger partial charge in [0.1, 0.15) is 5.01 Å². The molecule has 0 radical (unpaired) electrons. The van der Waals surface area contributed by atoms with Crippen LogP contribution in [0.5, 0.6) is 0 Å². The molecule has 0 saturated carbocycles. The van der Waals surface area contributed by atoms with Gasteiger partial charge in [-0.05, 0) is 26.7 Å². The van der Waals surface area contributed by atoms with Crippen molar-refractivity contribution in [2.24, 2.45) is 0 Å². The number of nitrogens with one attached hydrogen (secondary N) is 1. The van der Waals surface area contributed by atoms with Gasteiger partial charge in [-0.25, -0.2) is 4.98 Å². The van der Waals surface area contributed by atoms with Gasteiger partial charge in [0.25, 0.3) is 0 Å². The minimum atomic E-state index is 0.201. The molecular formula is C17H22N2OS. The Hall–Kier alpha value is -1.23. The van der Waals surface area contributed by atoms with E-state index in [-0.39, 0.29) is 5.54 Å². The van der Waals surface area contributed by atoms with E-state index in [0.717, 1.165) is 37.6 Å². The van der Waals surface area contributed by atoms with E-state index >= 15 is 0 Å². The summed E-state index contributed by atoms with van der Waals surface area (Å²) in [6.07, 6.45) is 4.16. The lowest BCUT2D eigenvalue weighted by atomic mass is 9.92. The molecule has 1 saturated heterocycles. The predicted molar refractivity (Wildman–Crippen MR) is 87.6 cm³/mol. The van der Waals surface area contributed by atoms with Gasteiger partial charge < -0.3 is 10.1 Å². The fourth-order valence-electron chi connectivity index (χ4n) is 2.52. The molecule has 1 aliphatic rings. The zero-order valence-electron chi connectivity index (χ0n) is 12.7. The summed E-state index contributed by atoms with van der Waals surface area (Å²) in [6, 6.07) is 8.56. The normalized spacial score (nSPS) is 17.8. The lowest BCUT2D eigenvalue weighted by Gasteiger charge is -2.34. The molecule has 0 amide bonds. The van der Waals surface area contributed by atoms with Gasteiger partial charge in [0.2, 0.25) is 0 Å². The number of thiazole rings is 1. The number of nitrogens with zero attached hydrogens (tertiary/aromatic N) is 1. The van der Waals surface area contributed by atoms with Crippen LogP contribution < -0.4 is 5.32 Å². The van der Waals surface area contributed by atoms with Crippen LogP contribution >= 0.6 is 11.3 Å². The highest BCUT2D eigenvalue weighted by atomic mass is 32.1. The maximum Gasteiger partial charge on any atom is 0.123 e. The van der Waals surface area contributed by atoms with Gasteiger partial charge in [-0.15, -0.1) is 11.3 Å². The van der Waals surface area contributed by atoms with Crippen LogP contribution in [0.25, 0.3) is 10.6 Å². The number of hydrogen-bond donors (Lipinski definition) is 1. The molecular weight excluding hydrogens is 280 g/mol. The van der Waals surface area contributed by atoms with Crippen molar-refractivity contribution in [1.29, 1.82) is 0 Å². The average Bonchev–Trinajstić information content (AvgIpc) is 2.96. The second-order valence-electron chi connectivity index (χ2n) is 6.02. The standard InChI is InChI=1S/C17H22N2OS/c1-13-3-5-14(6-4-13)16-18-11-15(21-16)12-19-17(2)7-9-20-10-8-17/h3-6,11,19H,7-10,12H2,1-2H3. The topological polar surface area (TPSA) is 34.2 Å². The molecule has 1 fully saturated rings. The maximum atomic E-state index is 5.44. The number of rotatable bonds is 4. The van der Waals surface area contributed by atoms with Crippen molar-refractivity contribution in [2.45, 2.75) is 38.8 Å². The number of ether oxygens (including phenoxy) is 1. The zero-order chi connectivity index (χ0) is 14.7. The summed E-state index contributed by atoms with van der Waals surface area (Å²) in [6.45, 7) is 7.01. The molecule has 0 spiro atoms. The van der Waals surface area contributed by atoms with E-state index in [9.17, 15) is 0 Å². The number of aryl methyl sites for hydroxylation is 1. The highest BCUT2D eigenvalue weighted by molar-refractivity contribution is 7.15. The fourth-order valence-corrected chi connectivity index (χ4v) is 3.38. The molecule has 21 heavy (non-hydrogen) atoms. The van der Waals surface area contributed by atoms with Gasteiger partial charge in [0.05, 0.1) is 0 Å². The van der Waals surface area contributed by atoms with E-state index in [1.165, 1.54) is 16.0 Å². The lowest BCUT2D eigenvalue weighted by Crippen LogP contribution is -2.46. The second-order valence-corrected chi connectivity index (χ2v) is 7.14. The van der Waals surface area contributed by atoms with E-state index in [1.54, 1.807) is 11.3 Å².